The van der Waals surface area contributed by atoms with Crippen LogP contribution < -0.4 is 16.0 Å². The summed E-state index contributed by atoms with van der Waals surface area (Å²) in [5.74, 6) is -0.528. The molecule has 2 aromatic rings. The smallest absolute Gasteiger partial charge is 0.407 e. The molecule has 3 N–H and O–H groups in total. The molecule has 0 saturated carbocycles. The van der Waals surface area contributed by atoms with E-state index >= 15 is 0 Å². The zero-order valence-electron chi connectivity index (χ0n) is 15.8. The van der Waals surface area contributed by atoms with Gasteiger partial charge in [0.1, 0.15) is 5.60 Å². The topological polar surface area (TPSA) is 110 Å². The van der Waals surface area contributed by atoms with E-state index in [2.05, 4.69) is 31.9 Å². The van der Waals surface area contributed by atoms with E-state index in [1.807, 2.05) is 0 Å². The zero-order chi connectivity index (χ0) is 20.7. The average molecular weight is 452 g/mol. The highest BCUT2D eigenvalue weighted by Crippen LogP contribution is 2.18. The first kappa shape index (κ1) is 21.5. The van der Waals surface area contributed by atoms with E-state index in [4.69, 9.17) is 9.15 Å². The predicted octanol–water partition coefficient (Wildman–Crippen LogP) is 4.15. The van der Waals surface area contributed by atoms with Crippen molar-refractivity contribution >= 4 is 45.2 Å². The second-order valence-corrected chi connectivity index (χ2v) is 7.65. The fourth-order valence-electron chi connectivity index (χ4n) is 2.12. The number of hydrogen-bond donors (Lipinski definition) is 3. The van der Waals surface area contributed by atoms with Crippen molar-refractivity contribution in [2.75, 3.05) is 17.2 Å². The Morgan fingerprint density at radius 1 is 1.07 bits per heavy atom. The number of furan rings is 1. The molecule has 1 aromatic carbocycles. The average Bonchev–Trinajstić information content (AvgIpc) is 3.00. The molecule has 0 aliphatic rings. The van der Waals surface area contributed by atoms with E-state index in [9.17, 15) is 14.4 Å². The third-order valence-electron chi connectivity index (χ3n) is 3.22. The van der Waals surface area contributed by atoms with Crippen LogP contribution in [0.25, 0.3) is 0 Å². The van der Waals surface area contributed by atoms with E-state index in [1.54, 1.807) is 57.2 Å². The Labute approximate surface area is 171 Å². The third kappa shape index (κ3) is 7.43. The van der Waals surface area contributed by atoms with Crippen LogP contribution in [-0.2, 0) is 9.53 Å². The number of carbonyl (C=O) groups excluding carboxylic acids is 3. The van der Waals surface area contributed by atoms with Crippen LogP contribution in [0.5, 0.6) is 0 Å². The molecular formula is C19H22BrN3O5. The van der Waals surface area contributed by atoms with Crippen molar-refractivity contribution in [2.45, 2.75) is 32.8 Å². The lowest BCUT2D eigenvalue weighted by Gasteiger charge is -2.19. The summed E-state index contributed by atoms with van der Waals surface area (Å²) in [5.41, 5.74) is 0.422. The number of hydrogen-bond acceptors (Lipinski definition) is 5. The van der Waals surface area contributed by atoms with Gasteiger partial charge < -0.3 is 25.1 Å². The summed E-state index contributed by atoms with van der Waals surface area (Å²) in [5, 5.41) is 7.92. The van der Waals surface area contributed by atoms with Crippen molar-refractivity contribution in [3.8, 4) is 0 Å². The van der Waals surface area contributed by atoms with Crippen molar-refractivity contribution in [1.29, 1.82) is 0 Å². The number of halogens is 1. The molecule has 0 radical (unpaired) electrons. The van der Waals surface area contributed by atoms with Gasteiger partial charge in [0.2, 0.25) is 5.91 Å². The van der Waals surface area contributed by atoms with E-state index in [0.717, 1.165) is 0 Å². The van der Waals surface area contributed by atoms with Crippen molar-refractivity contribution in [3.63, 3.8) is 0 Å². The highest BCUT2D eigenvalue weighted by molar-refractivity contribution is 9.10. The molecular weight excluding hydrogens is 430 g/mol. The number of amides is 3. The summed E-state index contributed by atoms with van der Waals surface area (Å²) in [6.07, 6.45) is -0.495. The minimum atomic E-state index is -0.594. The van der Waals surface area contributed by atoms with E-state index < -0.39 is 17.6 Å². The first-order valence-corrected chi connectivity index (χ1v) is 9.35. The number of ether oxygens (including phenoxy) is 1. The van der Waals surface area contributed by atoms with Gasteiger partial charge in [-0.1, -0.05) is 6.07 Å². The number of anilines is 2. The van der Waals surface area contributed by atoms with Crippen molar-refractivity contribution in [2.24, 2.45) is 0 Å². The van der Waals surface area contributed by atoms with Gasteiger partial charge in [-0.2, -0.15) is 0 Å². The molecule has 8 nitrogen and oxygen atoms in total. The summed E-state index contributed by atoms with van der Waals surface area (Å²) >= 11 is 3.14. The molecule has 2 rings (SSSR count). The number of alkyl carbamates (subject to hydrolysis) is 1. The molecule has 0 aliphatic carbocycles. The van der Waals surface area contributed by atoms with Gasteiger partial charge in [0.25, 0.3) is 5.91 Å². The first-order chi connectivity index (χ1) is 13.1. The molecule has 1 aromatic heterocycles. The number of carbonyl (C=O) groups is 3. The summed E-state index contributed by atoms with van der Waals surface area (Å²) in [7, 11) is 0. The lowest BCUT2D eigenvalue weighted by molar-refractivity contribution is -0.116. The second kappa shape index (κ2) is 9.41. The molecule has 0 bridgehead atoms. The lowest BCUT2D eigenvalue weighted by Crippen LogP contribution is -2.34. The number of rotatable bonds is 6. The Morgan fingerprint density at radius 3 is 2.36 bits per heavy atom. The van der Waals surface area contributed by atoms with Crippen LogP contribution in [0, 0.1) is 0 Å². The highest BCUT2D eigenvalue weighted by atomic mass is 79.9. The van der Waals surface area contributed by atoms with Gasteiger partial charge >= 0.3 is 6.09 Å². The summed E-state index contributed by atoms with van der Waals surface area (Å²) in [6.45, 7) is 5.42. The van der Waals surface area contributed by atoms with Crippen molar-refractivity contribution in [1.82, 2.24) is 5.32 Å². The SMILES string of the molecule is CC(C)(C)OC(=O)NCCC(=O)Nc1cccc(NC(=O)c2ccc(Br)o2)c1. The van der Waals surface area contributed by atoms with Crippen LogP contribution >= 0.6 is 15.9 Å². The van der Waals surface area contributed by atoms with E-state index in [-0.39, 0.29) is 24.6 Å². The van der Waals surface area contributed by atoms with Crippen LogP contribution in [0.2, 0.25) is 0 Å². The molecule has 28 heavy (non-hydrogen) atoms. The third-order valence-corrected chi connectivity index (χ3v) is 3.65. The molecule has 0 spiro atoms. The minimum Gasteiger partial charge on any atom is -0.444 e. The molecule has 0 saturated heterocycles. The molecule has 0 fully saturated rings. The van der Waals surface area contributed by atoms with E-state index in [0.29, 0.717) is 16.0 Å². The molecule has 1 heterocycles. The maximum Gasteiger partial charge on any atom is 0.407 e. The van der Waals surface area contributed by atoms with Crippen molar-refractivity contribution in [3.05, 3.63) is 46.8 Å². The molecule has 3 amide bonds. The fourth-order valence-corrected chi connectivity index (χ4v) is 2.43. The molecule has 0 unspecified atom stereocenters. The lowest BCUT2D eigenvalue weighted by atomic mass is 10.2. The Kier molecular flexibility index (Phi) is 7.22. The van der Waals surface area contributed by atoms with Gasteiger partial charge in [-0.05, 0) is 67.0 Å². The molecule has 9 heteroatoms. The Bertz CT molecular complexity index is 857. The van der Waals surface area contributed by atoms with Gasteiger partial charge in [-0.15, -0.1) is 0 Å². The van der Waals surface area contributed by atoms with Gasteiger partial charge in [-0.3, -0.25) is 9.59 Å². The monoisotopic (exact) mass is 451 g/mol. The Morgan fingerprint density at radius 2 is 1.75 bits per heavy atom. The summed E-state index contributed by atoms with van der Waals surface area (Å²) < 4.78 is 10.7. The Balaban J connectivity index is 1.82. The first-order valence-electron chi connectivity index (χ1n) is 8.56. The minimum absolute atomic E-state index is 0.0796. The largest absolute Gasteiger partial charge is 0.444 e. The maximum absolute atomic E-state index is 12.1. The van der Waals surface area contributed by atoms with Gasteiger partial charge in [0.15, 0.2) is 10.4 Å². The van der Waals surface area contributed by atoms with Gasteiger partial charge in [0.05, 0.1) is 0 Å². The standard InChI is InChI=1S/C19H22BrN3O5/c1-19(2,3)28-18(26)21-10-9-16(24)22-12-5-4-6-13(11-12)23-17(25)14-7-8-15(20)27-14/h4-8,11H,9-10H2,1-3H3,(H,21,26)(H,22,24)(H,23,25). The van der Waals surface area contributed by atoms with E-state index in [1.165, 1.54) is 0 Å². The number of benzene rings is 1. The molecule has 150 valence electrons. The van der Waals surface area contributed by atoms with Crippen LogP contribution in [0.15, 0.2) is 45.5 Å². The van der Waals surface area contributed by atoms with Crippen LogP contribution in [0.3, 0.4) is 0 Å². The van der Waals surface area contributed by atoms with Gasteiger partial charge in [-0.25, -0.2) is 4.79 Å². The zero-order valence-corrected chi connectivity index (χ0v) is 17.4. The summed E-state index contributed by atoms with van der Waals surface area (Å²) in [6, 6.07) is 9.87. The molecule has 0 atom stereocenters. The maximum atomic E-state index is 12.1. The summed E-state index contributed by atoms with van der Waals surface area (Å²) in [4.78, 5) is 35.7. The quantitative estimate of drug-likeness (QED) is 0.610. The number of nitrogens with one attached hydrogen (secondary N) is 3. The van der Waals surface area contributed by atoms with Gasteiger partial charge in [0, 0.05) is 24.3 Å². The normalized spacial score (nSPS) is 10.9. The second-order valence-electron chi connectivity index (χ2n) is 6.87. The fraction of sp³-hybridized carbons (Fsp3) is 0.316. The molecule has 0 aliphatic heterocycles. The van der Waals surface area contributed by atoms with Crippen LogP contribution in [0.4, 0.5) is 16.2 Å². The van der Waals surface area contributed by atoms with Crippen LogP contribution in [-0.4, -0.2) is 30.1 Å². The van der Waals surface area contributed by atoms with Crippen molar-refractivity contribution < 1.29 is 23.5 Å². The Hall–Kier alpha value is -2.81. The highest BCUT2D eigenvalue weighted by Gasteiger charge is 2.16. The predicted molar refractivity (Wildman–Crippen MR) is 108 cm³/mol. The van der Waals surface area contributed by atoms with Crippen LogP contribution in [0.1, 0.15) is 37.7 Å².